The number of thioether (sulfide) groups is 2. The molecule has 0 spiro atoms. The minimum atomic E-state index is -1.51. The maximum absolute atomic E-state index is 13.9. The molecule has 0 aromatic heterocycles. The van der Waals surface area contributed by atoms with E-state index in [1.54, 1.807) is 13.8 Å². The molecule has 1 aliphatic heterocycles. The largest absolute Gasteiger partial charge is 0.368 e. The van der Waals surface area contributed by atoms with Crippen LogP contribution >= 0.6 is 23.5 Å². The van der Waals surface area contributed by atoms with Crippen LogP contribution in [-0.2, 0) is 49.6 Å². The van der Waals surface area contributed by atoms with Gasteiger partial charge in [0.2, 0.25) is 47.3 Å². The third-order valence-electron chi connectivity index (χ3n) is 7.56. The van der Waals surface area contributed by atoms with E-state index in [1.807, 2.05) is 0 Å². The van der Waals surface area contributed by atoms with Gasteiger partial charge >= 0.3 is 0 Å². The number of hydrogen-bond acceptors (Lipinski definition) is 11. The Bertz CT molecular complexity index is 1530. The molecule has 0 unspecified atom stereocenters. The van der Waals surface area contributed by atoms with E-state index in [2.05, 4.69) is 37.2 Å². The van der Waals surface area contributed by atoms with Crippen molar-refractivity contribution in [3.63, 3.8) is 0 Å². The topological polar surface area (TPSA) is 264 Å². The molecule has 8 amide bonds. The van der Waals surface area contributed by atoms with Crippen LogP contribution in [0, 0.1) is 17.6 Å². The molecule has 0 saturated carbocycles. The van der Waals surface area contributed by atoms with Gasteiger partial charge < -0.3 is 43.0 Å². The van der Waals surface area contributed by atoms with E-state index < -0.39 is 115 Å². The number of rotatable bonds is 6. The molecule has 2 rings (SSSR count). The highest BCUT2D eigenvalue weighted by molar-refractivity contribution is 8.01. The summed E-state index contributed by atoms with van der Waals surface area (Å²) in [4.78, 5) is 114. The maximum Gasteiger partial charge on any atom is 0.243 e. The van der Waals surface area contributed by atoms with Crippen molar-refractivity contribution in [2.24, 2.45) is 11.7 Å². The second-order valence-electron chi connectivity index (χ2n) is 12.0. The molecule has 1 saturated heterocycles. The van der Waals surface area contributed by atoms with Crippen molar-refractivity contribution in [1.29, 1.82) is 0 Å². The third kappa shape index (κ3) is 16.6. The number of hydrogen-bond donors (Lipinski definition) is 8. The Hall–Kier alpha value is -4.79. The molecule has 1 heterocycles. The normalized spacial score (nSPS) is 23.2. The van der Waals surface area contributed by atoms with Crippen molar-refractivity contribution >= 4 is 76.6 Å². The van der Waals surface area contributed by atoms with Crippen molar-refractivity contribution in [2.45, 2.75) is 57.8 Å². The van der Waals surface area contributed by atoms with Crippen molar-refractivity contribution in [2.75, 3.05) is 42.6 Å². The Morgan fingerprint density at radius 3 is 1.91 bits per heavy atom. The average molecular weight is 787 g/mol. The quantitative estimate of drug-likeness (QED) is 0.148. The molecule has 0 aliphatic carbocycles. The summed E-state index contributed by atoms with van der Waals surface area (Å²) >= 11 is 2.02. The first-order chi connectivity index (χ1) is 25.0. The van der Waals surface area contributed by atoms with Crippen LogP contribution in [-0.4, -0.2) is 120 Å². The zero-order valence-corrected chi connectivity index (χ0v) is 30.9. The number of Topliss-reactive ketones (excluding diaryl/α,β-unsaturated/α-hetero) is 1. The summed E-state index contributed by atoms with van der Waals surface area (Å²) in [6.45, 7) is 2.61. The van der Waals surface area contributed by atoms with Gasteiger partial charge in [-0.2, -0.15) is 23.5 Å². The standard InChI is InChI=1S/C32H44F2N8O9S2/c1-4-16(2)28-32(51)38-10-25(45)40-22(7-18-5-19(33)8-20(34)6-18)30(49)36-9-26(46)41-23(29(35)48)14-52-12-21(44)13-53-15-24(39-17(3)43)31(50)37-11-27(47)42-28/h5-6,8,16,22-24,28H,4,7,9-15H2,1-3H3,(H2,35,48)(H,36,49)(H,37,50)(H,38,51)(H,39,43)(H,40,45)(H,41,46)(H,42,47)/t16-,22-,23-,24-,28-/m0/s1. The van der Waals surface area contributed by atoms with Gasteiger partial charge in [-0.05, 0) is 23.6 Å². The van der Waals surface area contributed by atoms with Crippen LogP contribution in [0.4, 0.5) is 8.78 Å². The van der Waals surface area contributed by atoms with E-state index in [9.17, 15) is 51.9 Å². The summed E-state index contributed by atoms with van der Waals surface area (Å²) in [6.07, 6.45) is -0.0229. The molecular formula is C32H44F2N8O9S2. The van der Waals surface area contributed by atoms with Gasteiger partial charge in [0.1, 0.15) is 35.8 Å². The summed E-state index contributed by atoms with van der Waals surface area (Å²) in [6, 6.07) is -2.55. The predicted octanol–water partition coefficient (Wildman–Crippen LogP) is -2.60. The summed E-state index contributed by atoms with van der Waals surface area (Å²) in [5.41, 5.74) is 5.38. The monoisotopic (exact) mass is 786 g/mol. The van der Waals surface area contributed by atoms with E-state index in [0.29, 0.717) is 12.5 Å². The zero-order chi connectivity index (χ0) is 39.7. The number of nitrogens with one attached hydrogen (secondary N) is 7. The molecule has 292 valence electrons. The Morgan fingerprint density at radius 2 is 1.34 bits per heavy atom. The van der Waals surface area contributed by atoms with Crippen LogP contribution in [0.15, 0.2) is 18.2 Å². The molecule has 0 bridgehead atoms. The zero-order valence-electron chi connectivity index (χ0n) is 29.3. The molecule has 1 aromatic rings. The van der Waals surface area contributed by atoms with E-state index in [-0.39, 0.29) is 34.4 Å². The summed E-state index contributed by atoms with van der Waals surface area (Å²) < 4.78 is 27.8. The Labute approximate surface area is 312 Å². The van der Waals surface area contributed by atoms with Crippen LogP contribution in [0.3, 0.4) is 0 Å². The minimum Gasteiger partial charge on any atom is -0.368 e. The van der Waals surface area contributed by atoms with Crippen LogP contribution in [0.2, 0.25) is 0 Å². The molecule has 53 heavy (non-hydrogen) atoms. The first-order valence-electron chi connectivity index (χ1n) is 16.4. The van der Waals surface area contributed by atoms with E-state index in [0.717, 1.165) is 35.7 Å². The highest BCUT2D eigenvalue weighted by atomic mass is 32.2. The number of nitrogens with two attached hydrogens (primary N) is 1. The lowest BCUT2D eigenvalue weighted by Crippen LogP contribution is -2.56. The van der Waals surface area contributed by atoms with Crippen molar-refractivity contribution in [3.05, 3.63) is 35.4 Å². The predicted molar refractivity (Wildman–Crippen MR) is 191 cm³/mol. The molecule has 1 aromatic carbocycles. The van der Waals surface area contributed by atoms with E-state index in [4.69, 9.17) is 5.73 Å². The minimum absolute atomic E-state index is 0.0232. The van der Waals surface area contributed by atoms with E-state index >= 15 is 0 Å². The van der Waals surface area contributed by atoms with Crippen molar-refractivity contribution < 1.29 is 51.9 Å². The second kappa shape index (κ2) is 22.3. The molecule has 21 heteroatoms. The number of ketones is 1. The van der Waals surface area contributed by atoms with Crippen molar-refractivity contribution in [1.82, 2.24) is 37.2 Å². The molecule has 0 radical (unpaired) electrons. The first kappa shape index (κ1) is 44.4. The van der Waals surface area contributed by atoms with Gasteiger partial charge in [0.25, 0.3) is 0 Å². The van der Waals surface area contributed by atoms with E-state index in [1.165, 1.54) is 6.92 Å². The fourth-order valence-electron chi connectivity index (χ4n) is 4.70. The fraction of sp³-hybridized carbons (Fsp3) is 0.531. The van der Waals surface area contributed by atoms with Crippen LogP contribution in [0.25, 0.3) is 0 Å². The number of carbonyl (C=O) groups excluding carboxylic acids is 9. The lowest BCUT2D eigenvalue weighted by Gasteiger charge is -2.24. The highest BCUT2D eigenvalue weighted by Gasteiger charge is 2.29. The Kier molecular flexibility index (Phi) is 18.7. The van der Waals surface area contributed by atoms with Gasteiger partial charge in [-0.1, -0.05) is 20.3 Å². The number of primary amides is 1. The average Bonchev–Trinajstić information content (AvgIpc) is 3.08. The third-order valence-corrected chi connectivity index (χ3v) is 9.75. The van der Waals surface area contributed by atoms with Gasteiger partial charge in [0, 0.05) is 30.9 Å². The lowest BCUT2D eigenvalue weighted by molar-refractivity contribution is -0.133. The SMILES string of the molecule is CC[C@H](C)[C@@H]1NC(=O)CNC(=O)[C@@H](NC(C)=O)CSCC(=O)CSC[C@@H](C(N)=O)NC(=O)CNC(=O)[C@H](Cc2cc(F)cc(F)c2)NC(=O)CNC1=O. The van der Waals surface area contributed by atoms with Crippen LogP contribution in [0.1, 0.15) is 32.8 Å². The maximum atomic E-state index is 13.9. The van der Waals surface area contributed by atoms with Gasteiger partial charge in [0.15, 0.2) is 5.78 Å². The number of benzene rings is 1. The smallest absolute Gasteiger partial charge is 0.243 e. The molecule has 5 atom stereocenters. The van der Waals surface area contributed by atoms with Crippen LogP contribution < -0.4 is 43.0 Å². The Morgan fingerprint density at radius 1 is 0.811 bits per heavy atom. The molecule has 17 nitrogen and oxygen atoms in total. The Balaban J connectivity index is 2.32. The number of halogens is 2. The summed E-state index contributed by atoms with van der Waals surface area (Å²) in [5.74, 6) is -9.44. The summed E-state index contributed by atoms with van der Waals surface area (Å²) in [7, 11) is 0. The molecule has 9 N–H and O–H groups in total. The second-order valence-corrected chi connectivity index (χ2v) is 14.1. The molecule has 1 aliphatic rings. The summed E-state index contributed by atoms with van der Waals surface area (Å²) in [5, 5.41) is 16.7. The van der Waals surface area contributed by atoms with Gasteiger partial charge in [-0.25, -0.2) is 8.78 Å². The van der Waals surface area contributed by atoms with Crippen molar-refractivity contribution in [3.8, 4) is 0 Å². The highest BCUT2D eigenvalue weighted by Crippen LogP contribution is 2.12. The fourth-order valence-corrected chi connectivity index (χ4v) is 6.67. The van der Waals surface area contributed by atoms with Gasteiger partial charge in [0.05, 0.1) is 31.1 Å². The van der Waals surface area contributed by atoms with Gasteiger partial charge in [-0.3, -0.25) is 43.2 Å². The van der Waals surface area contributed by atoms with Crippen LogP contribution in [0.5, 0.6) is 0 Å². The van der Waals surface area contributed by atoms with Gasteiger partial charge in [-0.15, -0.1) is 0 Å². The first-order valence-corrected chi connectivity index (χ1v) is 18.7. The number of amides is 8. The molecular weight excluding hydrogens is 743 g/mol. The lowest BCUT2D eigenvalue weighted by atomic mass is 9.98. The number of carbonyl (C=O) groups is 9. The molecule has 1 fully saturated rings.